The molecule has 25 heavy (non-hydrogen) atoms. The Bertz CT molecular complexity index is 639. The van der Waals surface area contributed by atoms with Gasteiger partial charge in [-0.15, -0.1) is 0 Å². The number of carbonyl (C=O) groups is 2. The molecule has 0 atom stereocenters. The van der Waals surface area contributed by atoms with Crippen molar-refractivity contribution in [2.45, 2.75) is 33.3 Å². The van der Waals surface area contributed by atoms with Crippen molar-refractivity contribution in [3.05, 3.63) is 47.6 Å². The summed E-state index contributed by atoms with van der Waals surface area (Å²) in [5.41, 5.74) is 1.14. The van der Waals surface area contributed by atoms with E-state index in [9.17, 15) is 9.59 Å². The van der Waals surface area contributed by atoms with Crippen LogP contribution in [-0.4, -0.2) is 36.0 Å². The highest BCUT2D eigenvalue weighted by Gasteiger charge is 2.16. The lowest BCUT2D eigenvalue weighted by molar-refractivity contribution is -0.138. The number of benzene rings is 1. The molecule has 6 heteroatoms. The van der Waals surface area contributed by atoms with Gasteiger partial charge in [-0.3, -0.25) is 5.32 Å². The molecular formula is C19H25NO5. The van der Waals surface area contributed by atoms with E-state index in [0.29, 0.717) is 5.69 Å². The van der Waals surface area contributed by atoms with Gasteiger partial charge in [-0.05, 0) is 57.5 Å². The fraction of sp³-hybridized carbons (Fsp3) is 0.368. The van der Waals surface area contributed by atoms with E-state index in [2.05, 4.69) is 5.32 Å². The van der Waals surface area contributed by atoms with Crippen molar-refractivity contribution in [1.29, 1.82) is 0 Å². The average Bonchev–Trinajstić information content (AvgIpc) is 2.51. The van der Waals surface area contributed by atoms with Gasteiger partial charge in [0.2, 0.25) is 0 Å². The first kappa shape index (κ1) is 20.4. The molecule has 0 radical (unpaired) electrons. The first-order valence-corrected chi connectivity index (χ1v) is 8.01. The molecule has 0 unspecified atom stereocenters. The van der Waals surface area contributed by atoms with Crippen molar-refractivity contribution in [1.82, 2.24) is 0 Å². The molecular weight excluding hydrogens is 322 g/mol. The summed E-state index contributed by atoms with van der Waals surface area (Å²) in [6.07, 6.45) is 4.15. The van der Waals surface area contributed by atoms with E-state index >= 15 is 0 Å². The molecule has 0 heterocycles. The first-order chi connectivity index (χ1) is 11.7. The van der Waals surface area contributed by atoms with Crippen LogP contribution >= 0.6 is 0 Å². The zero-order valence-corrected chi connectivity index (χ0v) is 15.0. The quantitative estimate of drug-likeness (QED) is 0.467. The molecule has 0 saturated heterocycles. The SMILES string of the molecule is CCOC(=O)C(C=Cc1ccc(NC(=O)OC(C)(C)C)cc1)=CCO. The Labute approximate surface area is 148 Å². The van der Waals surface area contributed by atoms with E-state index in [4.69, 9.17) is 14.6 Å². The van der Waals surface area contributed by atoms with Gasteiger partial charge in [0.25, 0.3) is 0 Å². The lowest BCUT2D eigenvalue weighted by atomic mass is 10.1. The van der Waals surface area contributed by atoms with Gasteiger partial charge in [-0.25, -0.2) is 9.59 Å². The number of esters is 1. The van der Waals surface area contributed by atoms with E-state index in [1.165, 1.54) is 6.08 Å². The van der Waals surface area contributed by atoms with E-state index in [1.807, 2.05) is 0 Å². The molecule has 0 aliphatic rings. The molecule has 6 nitrogen and oxygen atoms in total. The van der Waals surface area contributed by atoms with E-state index in [-0.39, 0.29) is 18.8 Å². The van der Waals surface area contributed by atoms with Crippen molar-refractivity contribution in [3.63, 3.8) is 0 Å². The van der Waals surface area contributed by atoms with E-state index in [1.54, 1.807) is 64.1 Å². The molecule has 136 valence electrons. The lowest BCUT2D eigenvalue weighted by Crippen LogP contribution is -2.27. The highest BCUT2D eigenvalue weighted by molar-refractivity contribution is 5.93. The number of hydrogen-bond acceptors (Lipinski definition) is 5. The summed E-state index contributed by atoms with van der Waals surface area (Å²) in [6.45, 7) is 7.11. The predicted molar refractivity (Wildman–Crippen MR) is 97.1 cm³/mol. The first-order valence-electron chi connectivity index (χ1n) is 8.01. The van der Waals surface area contributed by atoms with E-state index < -0.39 is 17.7 Å². The van der Waals surface area contributed by atoms with Crippen molar-refractivity contribution in [2.24, 2.45) is 0 Å². The Morgan fingerprint density at radius 3 is 2.36 bits per heavy atom. The molecule has 0 bridgehead atoms. The maximum atomic E-state index is 11.7. The van der Waals surface area contributed by atoms with Crippen molar-refractivity contribution >= 4 is 23.8 Å². The number of amides is 1. The summed E-state index contributed by atoms with van der Waals surface area (Å²) in [6, 6.07) is 7.02. The van der Waals surface area contributed by atoms with E-state index in [0.717, 1.165) is 5.56 Å². The number of hydrogen-bond donors (Lipinski definition) is 2. The fourth-order valence-corrected chi connectivity index (χ4v) is 1.82. The van der Waals surface area contributed by atoms with Crippen molar-refractivity contribution in [2.75, 3.05) is 18.5 Å². The molecule has 0 aliphatic carbocycles. The molecule has 1 rings (SSSR count). The normalized spacial score (nSPS) is 12.1. The number of ether oxygens (including phenoxy) is 2. The third kappa shape index (κ3) is 8.17. The van der Waals surface area contributed by atoms with Crippen molar-refractivity contribution < 1.29 is 24.2 Å². The van der Waals surface area contributed by atoms with Crippen LogP contribution in [0, 0.1) is 0 Å². The predicted octanol–water partition coefficient (Wildman–Crippen LogP) is 3.53. The van der Waals surface area contributed by atoms with Crippen LogP contribution in [0.2, 0.25) is 0 Å². The third-order valence-corrected chi connectivity index (χ3v) is 2.83. The van der Waals surface area contributed by atoms with Crippen LogP contribution in [0.4, 0.5) is 10.5 Å². The molecule has 0 aliphatic heterocycles. The molecule has 1 aromatic carbocycles. The summed E-state index contributed by atoms with van der Waals surface area (Å²) in [4.78, 5) is 23.4. The van der Waals surface area contributed by atoms with Crippen LogP contribution in [0.1, 0.15) is 33.3 Å². The summed E-state index contributed by atoms with van der Waals surface area (Å²) >= 11 is 0. The zero-order chi connectivity index (χ0) is 18.9. The molecule has 0 spiro atoms. The Balaban J connectivity index is 2.74. The second kappa shape index (κ2) is 9.64. The van der Waals surface area contributed by atoms with Gasteiger partial charge in [-0.1, -0.05) is 18.2 Å². The summed E-state index contributed by atoms with van der Waals surface area (Å²) in [7, 11) is 0. The number of nitrogens with one attached hydrogen (secondary N) is 1. The molecule has 2 N–H and O–H groups in total. The minimum Gasteiger partial charge on any atom is -0.462 e. The van der Waals surface area contributed by atoms with Crippen LogP contribution in [0.15, 0.2) is 42.0 Å². The average molecular weight is 347 g/mol. The summed E-state index contributed by atoms with van der Waals surface area (Å²) < 4.78 is 10.1. The Morgan fingerprint density at radius 1 is 1.20 bits per heavy atom. The van der Waals surface area contributed by atoms with Crippen LogP contribution in [0.25, 0.3) is 6.08 Å². The Morgan fingerprint density at radius 2 is 1.84 bits per heavy atom. The van der Waals surface area contributed by atoms with Crippen LogP contribution < -0.4 is 5.32 Å². The zero-order valence-electron chi connectivity index (χ0n) is 15.0. The maximum Gasteiger partial charge on any atom is 0.412 e. The van der Waals surface area contributed by atoms with Gasteiger partial charge in [0, 0.05) is 5.69 Å². The largest absolute Gasteiger partial charge is 0.462 e. The van der Waals surface area contributed by atoms with Crippen LogP contribution in [0.3, 0.4) is 0 Å². The Kier molecular flexibility index (Phi) is 7.88. The van der Waals surface area contributed by atoms with Crippen LogP contribution in [-0.2, 0) is 14.3 Å². The second-order valence-electron chi connectivity index (χ2n) is 6.14. The van der Waals surface area contributed by atoms with Gasteiger partial charge in [-0.2, -0.15) is 0 Å². The van der Waals surface area contributed by atoms with Gasteiger partial charge in [0.1, 0.15) is 5.60 Å². The molecule has 0 aromatic heterocycles. The molecule has 1 amide bonds. The highest BCUT2D eigenvalue weighted by Crippen LogP contribution is 2.14. The second-order valence-corrected chi connectivity index (χ2v) is 6.14. The molecule has 0 fully saturated rings. The number of carbonyl (C=O) groups excluding carboxylic acids is 2. The van der Waals surface area contributed by atoms with Gasteiger partial charge in [0.15, 0.2) is 0 Å². The van der Waals surface area contributed by atoms with Gasteiger partial charge >= 0.3 is 12.1 Å². The number of anilines is 1. The maximum absolute atomic E-state index is 11.7. The Hall–Kier alpha value is -2.60. The summed E-state index contributed by atoms with van der Waals surface area (Å²) in [5.74, 6) is -0.490. The number of aliphatic hydroxyl groups excluding tert-OH is 1. The third-order valence-electron chi connectivity index (χ3n) is 2.83. The topological polar surface area (TPSA) is 84.9 Å². The number of rotatable bonds is 6. The smallest absolute Gasteiger partial charge is 0.412 e. The highest BCUT2D eigenvalue weighted by atomic mass is 16.6. The molecule has 1 aromatic rings. The summed E-state index contributed by atoms with van der Waals surface area (Å²) in [5, 5.41) is 11.6. The van der Waals surface area contributed by atoms with Gasteiger partial charge in [0.05, 0.1) is 18.8 Å². The monoisotopic (exact) mass is 347 g/mol. The fourth-order valence-electron chi connectivity index (χ4n) is 1.82. The van der Waals surface area contributed by atoms with Crippen LogP contribution in [0.5, 0.6) is 0 Å². The van der Waals surface area contributed by atoms with Gasteiger partial charge < -0.3 is 14.6 Å². The number of aliphatic hydroxyl groups is 1. The standard InChI is InChI=1S/C19H25NO5/c1-5-24-17(22)15(12-13-21)9-6-14-7-10-16(11-8-14)20-18(23)25-19(2,3)4/h6-12,21H,5,13H2,1-4H3,(H,20,23). The van der Waals surface area contributed by atoms with Crippen molar-refractivity contribution in [3.8, 4) is 0 Å². The lowest BCUT2D eigenvalue weighted by Gasteiger charge is -2.19. The molecule has 0 saturated carbocycles. The minimum atomic E-state index is -0.560. The minimum absolute atomic E-state index is 0.253.